The summed E-state index contributed by atoms with van der Waals surface area (Å²) in [7, 11) is 0. The van der Waals surface area contributed by atoms with E-state index in [4.69, 9.17) is 6.57 Å². The Labute approximate surface area is 216 Å². The van der Waals surface area contributed by atoms with E-state index >= 15 is 0 Å². The van der Waals surface area contributed by atoms with Crippen LogP contribution < -0.4 is 0 Å². The molecule has 5 rings (SSSR count). The van der Waals surface area contributed by atoms with Crippen LogP contribution in [0.5, 0.6) is 0 Å². The summed E-state index contributed by atoms with van der Waals surface area (Å²) in [6.45, 7) is 23.0. The number of carboxylic acid groups (broad SMARTS) is 1. The second-order valence-corrected chi connectivity index (χ2v) is 15.1. The lowest BCUT2D eigenvalue weighted by atomic mass is 9.31. The van der Waals surface area contributed by atoms with E-state index in [1.165, 1.54) is 0 Å². The Bertz CT molecular complexity index is 1130. The summed E-state index contributed by atoms with van der Waals surface area (Å²) >= 11 is 0. The Kier molecular flexibility index (Phi) is 5.23. The van der Waals surface area contributed by atoms with Crippen LogP contribution in [0.2, 0.25) is 0 Å². The van der Waals surface area contributed by atoms with E-state index < -0.39 is 22.2 Å². The summed E-state index contributed by atoms with van der Waals surface area (Å²) in [6, 6.07) is 0. The lowest BCUT2D eigenvalue weighted by molar-refractivity contribution is -0.225. The first-order valence-corrected chi connectivity index (χ1v) is 13.9. The average Bonchev–Trinajstić information content (AvgIpc) is 2.77. The number of hydrogen-bond donors (Lipinski definition) is 1. The van der Waals surface area contributed by atoms with Gasteiger partial charge in [0, 0.05) is 17.8 Å². The summed E-state index contributed by atoms with van der Waals surface area (Å²) in [5, 5.41) is 10.5. The van der Waals surface area contributed by atoms with Crippen molar-refractivity contribution >= 4 is 17.5 Å². The number of carbonyl (C=O) groups is 3. The molecule has 5 nitrogen and oxygen atoms in total. The monoisotopic (exact) mass is 493 g/mol. The van der Waals surface area contributed by atoms with Crippen LogP contribution in [0.25, 0.3) is 4.85 Å². The predicted molar refractivity (Wildman–Crippen MR) is 138 cm³/mol. The van der Waals surface area contributed by atoms with Gasteiger partial charge in [0.2, 0.25) is 5.70 Å². The molecule has 0 spiro atoms. The molecule has 1 N–H and O–H groups in total. The predicted octanol–water partition coefficient (Wildman–Crippen LogP) is 6.72. The summed E-state index contributed by atoms with van der Waals surface area (Å²) in [4.78, 5) is 43.9. The molecule has 0 aliphatic heterocycles. The highest BCUT2D eigenvalue weighted by molar-refractivity contribution is 6.02. The number of ketones is 2. The third-order valence-corrected chi connectivity index (χ3v) is 12.9. The van der Waals surface area contributed by atoms with Crippen LogP contribution in [0.1, 0.15) is 99.8 Å². The lowest BCUT2D eigenvalue weighted by Crippen LogP contribution is -2.69. The van der Waals surface area contributed by atoms with Crippen molar-refractivity contribution in [2.45, 2.75) is 99.8 Å². The number of fused-ring (bicyclic) bond motifs is 7. The molecule has 0 saturated heterocycles. The highest BCUT2D eigenvalue weighted by Gasteiger charge is 2.73. The van der Waals surface area contributed by atoms with Gasteiger partial charge < -0.3 is 9.90 Å². The second kappa shape index (κ2) is 7.33. The molecule has 5 aliphatic carbocycles. The van der Waals surface area contributed by atoms with Crippen LogP contribution in [-0.2, 0) is 14.4 Å². The molecular formula is C31H43NO4. The van der Waals surface area contributed by atoms with Crippen LogP contribution in [0.4, 0.5) is 0 Å². The molecule has 0 aromatic rings. The summed E-state index contributed by atoms with van der Waals surface area (Å²) in [5.74, 6) is -0.804. The largest absolute Gasteiger partial charge is 0.481 e. The van der Waals surface area contributed by atoms with Crippen LogP contribution in [0.3, 0.4) is 0 Å². The van der Waals surface area contributed by atoms with Gasteiger partial charge in [-0.2, -0.15) is 0 Å². The molecule has 1 unspecified atom stereocenters. The first kappa shape index (κ1) is 25.7. The van der Waals surface area contributed by atoms with Gasteiger partial charge in [-0.3, -0.25) is 9.59 Å². The van der Waals surface area contributed by atoms with Gasteiger partial charge in [0.15, 0.2) is 5.78 Å². The number of allylic oxidation sites excluding steroid dienone is 2. The molecule has 5 aliphatic rings. The van der Waals surface area contributed by atoms with E-state index in [1.807, 2.05) is 19.9 Å². The number of carbonyl (C=O) groups excluding carboxylic acids is 2. The molecule has 5 heteroatoms. The highest BCUT2D eigenvalue weighted by Crippen LogP contribution is 2.75. The maximum absolute atomic E-state index is 14.3. The number of rotatable bonds is 1. The van der Waals surface area contributed by atoms with Gasteiger partial charge in [-0.1, -0.05) is 54.5 Å². The van der Waals surface area contributed by atoms with Crippen molar-refractivity contribution in [2.75, 3.05) is 0 Å². The van der Waals surface area contributed by atoms with Gasteiger partial charge in [-0.25, -0.2) is 4.85 Å². The average molecular weight is 494 g/mol. The van der Waals surface area contributed by atoms with Crippen LogP contribution in [0, 0.1) is 62.7 Å². The molecule has 0 amide bonds. The minimum Gasteiger partial charge on any atom is -0.481 e. The first-order chi connectivity index (χ1) is 16.5. The van der Waals surface area contributed by atoms with Crippen molar-refractivity contribution in [1.82, 2.24) is 0 Å². The number of Topliss-reactive ketones (excluding diaryl/α,β-unsaturated/α-hetero) is 2. The maximum Gasteiger partial charge on any atom is 0.309 e. The van der Waals surface area contributed by atoms with Gasteiger partial charge in [-0.05, 0) is 84.4 Å². The number of hydrogen-bond acceptors (Lipinski definition) is 3. The number of nitrogens with zero attached hydrogens (tertiary/aromatic N) is 1. The number of carboxylic acids is 1. The smallest absolute Gasteiger partial charge is 0.309 e. The van der Waals surface area contributed by atoms with E-state index in [0.29, 0.717) is 19.3 Å². The zero-order valence-electron chi connectivity index (χ0n) is 23.2. The van der Waals surface area contributed by atoms with Crippen molar-refractivity contribution in [3.63, 3.8) is 0 Å². The van der Waals surface area contributed by atoms with E-state index in [1.54, 1.807) is 0 Å². The van der Waals surface area contributed by atoms with Crippen molar-refractivity contribution in [3.8, 4) is 0 Å². The van der Waals surface area contributed by atoms with Crippen LogP contribution in [0.15, 0.2) is 11.8 Å². The Balaban J connectivity index is 1.65. The Morgan fingerprint density at radius 1 is 0.944 bits per heavy atom. The molecule has 0 heterocycles. The maximum atomic E-state index is 14.3. The molecule has 0 aromatic carbocycles. The van der Waals surface area contributed by atoms with Gasteiger partial charge in [0.05, 0.1) is 12.0 Å². The zero-order chi connectivity index (χ0) is 26.7. The minimum absolute atomic E-state index is 0.0323. The SMILES string of the molecule is [C-]#[N+]C1=C[C@]2(C)C3CC(=O)[C@@H]4[C@@H]5CC(C)(C)CC[C@]5(C(=O)O)CC[C@@]4(C)[C@]3(C)CC[C@H]2C(C)(C)C1=O. The summed E-state index contributed by atoms with van der Waals surface area (Å²) < 4.78 is 0. The molecule has 4 fully saturated rings. The highest BCUT2D eigenvalue weighted by atomic mass is 16.4. The van der Waals surface area contributed by atoms with Crippen molar-refractivity contribution < 1.29 is 19.5 Å². The summed E-state index contributed by atoms with van der Waals surface area (Å²) in [5.41, 5.74) is -2.05. The van der Waals surface area contributed by atoms with Gasteiger partial charge in [0.25, 0.3) is 0 Å². The minimum atomic E-state index is -0.796. The first-order valence-electron chi connectivity index (χ1n) is 13.9. The molecule has 0 bridgehead atoms. The Morgan fingerprint density at radius 3 is 2.19 bits per heavy atom. The Morgan fingerprint density at radius 2 is 1.58 bits per heavy atom. The third kappa shape index (κ3) is 2.91. The molecule has 196 valence electrons. The van der Waals surface area contributed by atoms with Gasteiger partial charge in [-0.15, -0.1) is 0 Å². The molecule has 0 radical (unpaired) electrons. The number of aliphatic carboxylic acids is 1. The van der Waals surface area contributed by atoms with Crippen LogP contribution in [-0.4, -0.2) is 22.6 Å². The second-order valence-electron chi connectivity index (χ2n) is 15.1. The van der Waals surface area contributed by atoms with Gasteiger partial charge in [0.1, 0.15) is 5.78 Å². The third-order valence-electron chi connectivity index (χ3n) is 12.9. The fourth-order valence-electron chi connectivity index (χ4n) is 10.6. The van der Waals surface area contributed by atoms with Crippen molar-refractivity contribution in [1.29, 1.82) is 0 Å². The fourth-order valence-corrected chi connectivity index (χ4v) is 10.6. The van der Waals surface area contributed by atoms with E-state index in [0.717, 1.165) is 32.1 Å². The molecule has 4 saturated carbocycles. The van der Waals surface area contributed by atoms with E-state index in [9.17, 15) is 19.5 Å². The fraction of sp³-hybridized carbons (Fsp3) is 0.806. The van der Waals surface area contributed by atoms with Crippen molar-refractivity contribution in [2.24, 2.45) is 56.2 Å². The zero-order valence-corrected chi connectivity index (χ0v) is 23.2. The molecule has 36 heavy (non-hydrogen) atoms. The quantitative estimate of drug-likeness (QED) is 0.411. The van der Waals surface area contributed by atoms with E-state index in [-0.39, 0.29) is 57.2 Å². The standard InChI is InChI=1S/C31H43NO4/c1-26(2)11-13-31(25(35)36)14-12-30(7)23(18(31)16-26)20(33)15-22-28(5)17-19(32-8)24(34)27(3,4)21(28)9-10-29(22,30)6/h17-18,21-23H,9-16H2,1-7H3,(H,35,36)/t18-,21-,22?,23-,28-,29+,30+,31-/m0/s1. The van der Waals surface area contributed by atoms with Gasteiger partial charge >= 0.3 is 5.97 Å². The molecular weight excluding hydrogens is 450 g/mol. The lowest BCUT2D eigenvalue weighted by Gasteiger charge is -2.71. The summed E-state index contributed by atoms with van der Waals surface area (Å²) in [6.07, 6.45) is 7.91. The van der Waals surface area contributed by atoms with Crippen LogP contribution >= 0.6 is 0 Å². The molecule has 0 aromatic heterocycles. The molecule has 8 atom stereocenters. The van der Waals surface area contributed by atoms with E-state index in [2.05, 4.69) is 39.5 Å². The normalized spacial score (nSPS) is 48.9. The Hall–Kier alpha value is -1.96. The topological polar surface area (TPSA) is 75.8 Å². The van der Waals surface area contributed by atoms with Crippen molar-refractivity contribution in [3.05, 3.63) is 23.2 Å².